The first-order valence-corrected chi connectivity index (χ1v) is 7.81. The van der Waals surface area contributed by atoms with Crippen LogP contribution in [-0.4, -0.2) is 36.6 Å². The molecule has 0 amide bonds. The Bertz CT molecular complexity index is 232. The van der Waals surface area contributed by atoms with Crippen molar-refractivity contribution in [2.45, 2.75) is 84.8 Å². The van der Waals surface area contributed by atoms with Crippen molar-refractivity contribution in [2.75, 3.05) is 13.6 Å². The largest absolute Gasteiger partial charge is 0.314 e. The topological polar surface area (TPSA) is 15.3 Å². The van der Waals surface area contributed by atoms with E-state index in [0.717, 1.165) is 12.1 Å². The molecular formula is C16H34N2. The van der Waals surface area contributed by atoms with Gasteiger partial charge in [0.05, 0.1) is 0 Å². The normalized spacial score (nSPS) is 27.5. The van der Waals surface area contributed by atoms with E-state index in [2.05, 4.69) is 51.9 Å². The minimum Gasteiger partial charge on any atom is -0.314 e. The second kappa shape index (κ2) is 6.91. The van der Waals surface area contributed by atoms with Crippen molar-refractivity contribution in [2.24, 2.45) is 5.41 Å². The van der Waals surface area contributed by atoms with E-state index in [9.17, 15) is 0 Å². The van der Waals surface area contributed by atoms with Gasteiger partial charge in [0.15, 0.2) is 0 Å². The van der Waals surface area contributed by atoms with Crippen molar-refractivity contribution >= 4 is 0 Å². The van der Waals surface area contributed by atoms with E-state index in [1.54, 1.807) is 0 Å². The summed E-state index contributed by atoms with van der Waals surface area (Å²) in [5, 5.41) is 3.71. The van der Waals surface area contributed by atoms with Crippen LogP contribution >= 0.6 is 0 Å². The molecule has 1 rings (SSSR count). The number of nitrogens with zero attached hydrogens (tertiary/aromatic N) is 1. The highest BCUT2D eigenvalue weighted by Gasteiger charge is 2.31. The summed E-state index contributed by atoms with van der Waals surface area (Å²) < 4.78 is 0. The second-order valence-corrected chi connectivity index (χ2v) is 7.18. The molecule has 1 saturated carbocycles. The van der Waals surface area contributed by atoms with Gasteiger partial charge in [0.2, 0.25) is 0 Å². The Morgan fingerprint density at radius 3 is 2.50 bits per heavy atom. The summed E-state index contributed by atoms with van der Waals surface area (Å²) in [6.45, 7) is 12.9. The second-order valence-electron chi connectivity index (χ2n) is 7.18. The van der Waals surface area contributed by atoms with Gasteiger partial charge in [-0.1, -0.05) is 34.1 Å². The third kappa shape index (κ3) is 4.55. The van der Waals surface area contributed by atoms with Crippen molar-refractivity contribution in [1.29, 1.82) is 0 Å². The van der Waals surface area contributed by atoms with E-state index in [0.29, 0.717) is 11.5 Å². The molecule has 1 fully saturated rings. The maximum Gasteiger partial charge on any atom is 0.0115 e. The van der Waals surface area contributed by atoms with Gasteiger partial charge in [-0.05, 0) is 51.6 Å². The molecule has 0 spiro atoms. The van der Waals surface area contributed by atoms with Crippen LogP contribution in [0.4, 0.5) is 0 Å². The van der Waals surface area contributed by atoms with Crippen molar-refractivity contribution in [3.05, 3.63) is 0 Å². The van der Waals surface area contributed by atoms with Gasteiger partial charge in [0.1, 0.15) is 0 Å². The van der Waals surface area contributed by atoms with Crippen molar-refractivity contribution < 1.29 is 0 Å². The lowest BCUT2D eigenvalue weighted by Gasteiger charge is -2.43. The zero-order valence-electron chi connectivity index (χ0n) is 13.4. The molecule has 0 aromatic rings. The minimum absolute atomic E-state index is 0.374. The Kier molecular flexibility index (Phi) is 6.13. The molecule has 18 heavy (non-hydrogen) atoms. The average molecular weight is 254 g/mol. The zero-order chi connectivity index (χ0) is 13.8. The molecular weight excluding hydrogens is 220 g/mol. The highest BCUT2D eigenvalue weighted by Crippen LogP contribution is 2.29. The van der Waals surface area contributed by atoms with Crippen LogP contribution in [0, 0.1) is 5.41 Å². The highest BCUT2D eigenvalue weighted by atomic mass is 15.2. The van der Waals surface area contributed by atoms with Crippen LogP contribution in [-0.2, 0) is 0 Å². The monoisotopic (exact) mass is 254 g/mol. The van der Waals surface area contributed by atoms with Gasteiger partial charge in [-0.3, -0.25) is 0 Å². The number of rotatable bonds is 5. The van der Waals surface area contributed by atoms with Gasteiger partial charge >= 0.3 is 0 Å². The van der Waals surface area contributed by atoms with E-state index >= 15 is 0 Å². The Balaban J connectivity index is 2.50. The van der Waals surface area contributed by atoms with Crippen molar-refractivity contribution in [3.63, 3.8) is 0 Å². The van der Waals surface area contributed by atoms with Gasteiger partial charge in [0, 0.05) is 18.1 Å². The first kappa shape index (κ1) is 16.0. The summed E-state index contributed by atoms with van der Waals surface area (Å²) in [5.74, 6) is 0. The fraction of sp³-hybridized carbons (Fsp3) is 1.00. The van der Waals surface area contributed by atoms with Gasteiger partial charge in [-0.25, -0.2) is 0 Å². The van der Waals surface area contributed by atoms with E-state index in [4.69, 9.17) is 0 Å². The molecule has 0 aromatic carbocycles. The smallest absolute Gasteiger partial charge is 0.0115 e. The molecule has 1 aliphatic carbocycles. The molecule has 0 radical (unpaired) electrons. The van der Waals surface area contributed by atoms with Crippen LogP contribution in [0.25, 0.3) is 0 Å². The van der Waals surface area contributed by atoms with Crippen LogP contribution in [0.3, 0.4) is 0 Å². The van der Waals surface area contributed by atoms with Crippen LogP contribution < -0.4 is 5.32 Å². The fourth-order valence-corrected chi connectivity index (χ4v) is 2.99. The van der Waals surface area contributed by atoms with Crippen molar-refractivity contribution in [3.8, 4) is 0 Å². The molecule has 2 nitrogen and oxygen atoms in total. The quantitative estimate of drug-likeness (QED) is 0.805. The molecule has 1 N–H and O–H groups in total. The van der Waals surface area contributed by atoms with E-state index < -0.39 is 0 Å². The fourth-order valence-electron chi connectivity index (χ4n) is 2.99. The molecule has 0 saturated heterocycles. The van der Waals surface area contributed by atoms with E-state index in [1.165, 1.54) is 38.6 Å². The summed E-state index contributed by atoms with van der Waals surface area (Å²) in [5.41, 5.74) is 0.374. The van der Waals surface area contributed by atoms with Gasteiger partial charge < -0.3 is 10.2 Å². The summed E-state index contributed by atoms with van der Waals surface area (Å²) in [6.07, 6.45) is 6.70. The lowest BCUT2D eigenvalue weighted by Crippen LogP contribution is -2.49. The molecule has 108 valence electrons. The minimum atomic E-state index is 0.374. The molecule has 1 aliphatic rings. The van der Waals surface area contributed by atoms with E-state index in [1.807, 2.05) is 0 Å². The Labute approximate surface area is 115 Å². The predicted molar refractivity (Wildman–Crippen MR) is 81.0 cm³/mol. The SMILES string of the molecule is CCCNC1CCCC(N(C)C(C)C(C)(C)C)C1. The van der Waals surface area contributed by atoms with Gasteiger partial charge in [-0.2, -0.15) is 0 Å². The maximum absolute atomic E-state index is 3.71. The predicted octanol–water partition coefficient (Wildman–Crippen LogP) is 3.66. The van der Waals surface area contributed by atoms with Crippen LogP contribution in [0.1, 0.15) is 66.7 Å². The number of hydrogen-bond donors (Lipinski definition) is 1. The average Bonchev–Trinajstić information content (AvgIpc) is 2.33. The first-order valence-electron chi connectivity index (χ1n) is 7.81. The first-order chi connectivity index (χ1) is 8.36. The third-order valence-corrected chi connectivity index (χ3v) is 4.77. The summed E-state index contributed by atoms with van der Waals surface area (Å²) >= 11 is 0. The lowest BCUT2D eigenvalue weighted by atomic mass is 9.83. The zero-order valence-corrected chi connectivity index (χ0v) is 13.4. The summed E-state index contributed by atoms with van der Waals surface area (Å²) in [6, 6.07) is 2.16. The molecule has 3 unspecified atom stereocenters. The third-order valence-electron chi connectivity index (χ3n) is 4.77. The number of nitrogens with one attached hydrogen (secondary N) is 1. The maximum atomic E-state index is 3.71. The van der Waals surface area contributed by atoms with Crippen molar-refractivity contribution in [1.82, 2.24) is 10.2 Å². The molecule has 0 bridgehead atoms. The standard InChI is InChI=1S/C16H34N2/c1-7-11-17-14-9-8-10-15(12-14)18(6)13(2)16(3,4)5/h13-15,17H,7-12H2,1-6H3. The lowest BCUT2D eigenvalue weighted by molar-refractivity contribution is 0.0701. The van der Waals surface area contributed by atoms with E-state index in [-0.39, 0.29) is 0 Å². The summed E-state index contributed by atoms with van der Waals surface area (Å²) in [4.78, 5) is 2.62. The summed E-state index contributed by atoms with van der Waals surface area (Å²) in [7, 11) is 2.32. The highest BCUT2D eigenvalue weighted by molar-refractivity contribution is 4.87. The van der Waals surface area contributed by atoms with Gasteiger partial charge in [0.25, 0.3) is 0 Å². The Morgan fingerprint density at radius 2 is 1.94 bits per heavy atom. The molecule has 0 aromatic heterocycles. The van der Waals surface area contributed by atoms with Crippen LogP contribution in [0.15, 0.2) is 0 Å². The number of hydrogen-bond acceptors (Lipinski definition) is 2. The molecule has 0 aliphatic heterocycles. The van der Waals surface area contributed by atoms with Gasteiger partial charge in [-0.15, -0.1) is 0 Å². The molecule has 0 heterocycles. The Hall–Kier alpha value is -0.0800. The van der Waals surface area contributed by atoms with Crippen LogP contribution in [0.2, 0.25) is 0 Å². The Morgan fingerprint density at radius 1 is 1.28 bits per heavy atom. The van der Waals surface area contributed by atoms with Crippen LogP contribution in [0.5, 0.6) is 0 Å². The molecule has 2 heteroatoms. The molecule has 3 atom stereocenters.